The van der Waals surface area contributed by atoms with Crippen LogP contribution in [0.25, 0.3) is 0 Å². The van der Waals surface area contributed by atoms with Crippen LogP contribution >= 0.6 is 34.8 Å². The first-order valence-corrected chi connectivity index (χ1v) is 5.61. The minimum absolute atomic E-state index is 0.0499. The third-order valence-electron chi connectivity index (χ3n) is 1.54. The van der Waals surface area contributed by atoms with Crippen LogP contribution in [0.3, 0.4) is 0 Å². The van der Waals surface area contributed by atoms with Gasteiger partial charge in [-0.3, -0.25) is 0 Å². The lowest BCUT2D eigenvalue weighted by Crippen LogP contribution is -2.14. The van der Waals surface area contributed by atoms with Crippen LogP contribution in [-0.2, 0) is 9.53 Å². The second-order valence-corrected chi connectivity index (χ2v) is 5.45. The lowest BCUT2D eigenvalue weighted by atomic mass is 10.2. The second kappa shape index (κ2) is 7.20. The molecule has 0 saturated heterocycles. The van der Waals surface area contributed by atoms with E-state index in [4.69, 9.17) is 44.6 Å². The van der Waals surface area contributed by atoms with Gasteiger partial charge in [0.1, 0.15) is 0 Å². The number of aliphatic hydroxyl groups is 1. The van der Waals surface area contributed by atoms with E-state index in [1.807, 2.05) is 6.92 Å². The minimum Gasteiger partial charge on any atom is -0.515 e. The summed E-state index contributed by atoms with van der Waals surface area (Å²) in [5, 5.41) is 8.78. The molecule has 0 spiro atoms. The monoisotopic (exact) mass is 274 g/mol. The molecule has 1 N–H and O–H groups in total. The average Bonchev–Trinajstić information content (AvgIpc) is 2.13. The van der Waals surface area contributed by atoms with Gasteiger partial charge in [-0.05, 0) is 6.42 Å². The number of carbonyl (C=O) groups is 1. The Morgan fingerprint density at radius 1 is 1.47 bits per heavy atom. The van der Waals surface area contributed by atoms with Crippen LogP contribution in [0.1, 0.15) is 26.2 Å². The minimum atomic E-state index is -1.61. The fourth-order valence-corrected chi connectivity index (χ4v) is 1.22. The summed E-state index contributed by atoms with van der Waals surface area (Å²) >= 11 is 16.4. The Balaban J connectivity index is 4.13. The molecule has 0 aromatic rings. The number of hydrogen-bond acceptors (Lipinski definition) is 3. The van der Waals surface area contributed by atoms with E-state index in [-0.39, 0.29) is 12.0 Å². The van der Waals surface area contributed by atoms with Crippen molar-refractivity contribution < 1.29 is 14.6 Å². The molecule has 0 unspecified atom stereocenters. The fourth-order valence-electron chi connectivity index (χ4n) is 0.788. The van der Waals surface area contributed by atoms with Gasteiger partial charge in [-0.15, -0.1) is 0 Å². The Kier molecular flexibility index (Phi) is 7.14. The maximum atomic E-state index is 11.3. The van der Waals surface area contributed by atoms with Gasteiger partial charge in [-0.1, -0.05) is 48.1 Å². The average molecular weight is 276 g/mol. The van der Waals surface area contributed by atoms with E-state index in [0.717, 1.165) is 12.8 Å². The molecule has 0 atom stereocenters. The number of alkyl halides is 3. The Morgan fingerprint density at radius 2 is 2.07 bits per heavy atom. The molecular weight excluding hydrogens is 262 g/mol. The van der Waals surface area contributed by atoms with Crippen LogP contribution in [0.4, 0.5) is 0 Å². The largest absolute Gasteiger partial charge is 0.515 e. The molecule has 0 bridgehead atoms. The Morgan fingerprint density at radius 3 is 2.47 bits per heavy atom. The lowest BCUT2D eigenvalue weighted by Gasteiger charge is -2.12. The van der Waals surface area contributed by atoms with Crippen LogP contribution in [0.15, 0.2) is 11.8 Å². The smallest absolute Gasteiger partial charge is 0.337 e. The van der Waals surface area contributed by atoms with Crippen molar-refractivity contribution in [1.82, 2.24) is 0 Å². The first kappa shape index (κ1) is 14.9. The molecule has 6 heteroatoms. The first-order valence-electron chi connectivity index (χ1n) is 4.47. The van der Waals surface area contributed by atoms with Gasteiger partial charge in [0.25, 0.3) is 0 Å². The van der Waals surface area contributed by atoms with Crippen molar-refractivity contribution in [1.29, 1.82) is 0 Å². The summed E-state index contributed by atoms with van der Waals surface area (Å²) in [6.07, 6.45) is 2.10. The van der Waals surface area contributed by atoms with E-state index in [1.54, 1.807) is 0 Å². The van der Waals surface area contributed by atoms with Gasteiger partial charge in [-0.25, -0.2) is 4.79 Å². The number of ether oxygens (including phenoxy) is 1. The SMILES string of the molecule is CCCCOC(=O)/C(=C\O)CC(Cl)(Cl)Cl. The highest BCUT2D eigenvalue weighted by atomic mass is 35.6. The molecule has 88 valence electrons. The maximum absolute atomic E-state index is 11.3. The molecule has 3 nitrogen and oxygen atoms in total. The van der Waals surface area contributed by atoms with Gasteiger partial charge in [0.2, 0.25) is 0 Å². The van der Waals surface area contributed by atoms with Crippen LogP contribution < -0.4 is 0 Å². The third kappa shape index (κ3) is 7.77. The predicted molar refractivity (Wildman–Crippen MR) is 61.5 cm³/mol. The number of unbranched alkanes of at least 4 members (excludes halogenated alkanes) is 1. The first-order chi connectivity index (χ1) is 6.90. The molecule has 0 radical (unpaired) electrons. The van der Waals surface area contributed by atoms with Crippen molar-refractivity contribution in [2.24, 2.45) is 0 Å². The summed E-state index contributed by atoms with van der Waals surface area (Å²) in [5.74, 6) is -0.655. The van der Waals surface area contributed by atoms with Crippen molar-refractivity contribution in [3.05, 3.63) is 11.8 Å². The Labute approximate surface area is 104 Å². The van der Waals surface area contributed by atoms with E-state index in [2.05, 4.69) is 0 Å². The number of hydrogen-bond donors (Lipinski definition) is 1. The number of carbonyl (C=O) groups excluding carboxylic acids is 1. The second-order valence-electron chi connectivity index (χ2n) is 2.94. The summed E-state index contributed by atoms with van der Waals surface area (Å²) in [6, 6.07) is 0. The van der Waals surface area contributed by atoms with Crippen molar-refractivity contribution >= 4 is 40.8 Å². The summed E-state index contributed by atoms with van der Waals surface area (Å²) in [7, 11) is 0. The summed E-state index contributed by atoms with van der Waals surface area (Å²) in [4.78, 5) is 11.3. The fraction of sp³-hybridized carbons (Fsp3) is 0.667. The Bertz CT molecular complexity index is 233. The number of esters is 1. The lowest BCUT2D eigenvalue weighted by molar-refractivity contribution is -0.139. The molecule has 0 rings (SSSR count). The van der Waals surface area contributed by atoms with Crippen LogP contribution in [0.5, 0.6) is 0 Å². The van der Waals surface area contributed by atoms with Crippen LogP contribution in [0, 0.1) is 0 Å². The van der Waals surface area contributed by atoms with E-state index in [1.165, 1.54) is 0 Å². The molecule has 15 heavy (non-hydrogen) atoms. The van der Waals surface area contributed by atoms with Crippen molar-refractivity contribution in [2.45, 2.75) is 30.0 Å². The van der Waals surface area contributed by atoms with Gasteiger partial charge in [0.05, 0.1) is 18.4 Å². The normalized spacial score (nSPS) is 12.7. The number of halogens is 3. The van der Waals surface area contributed by atoms with Crippen molar-refractivity contribution in [3.8, 4) is 0 Å². The standard InChI is InChI=1S/C9H13Cl3O3/c1-2-3-4-15-8(14)7(6-13)5-9(10,11)12/h6,13H,2-5H2,1H3/b7-6-. The van der Waals surface area contributed by atoms with Gasteiger partial charge >= 0.3 is 5.97 Å². The van der Waals surface area contributed by atoms with Crippen LogP contribution in [0.2, 0.25) is 0 Å². The third-order valence-corrected chi connectivity index (χ3v) is 1.94. The van der Waals surface area contributed by atoms with Gasteiger partial charge < -0.3 is 9.84 Å². The number of rotatable bonds is 5. The van der Waals surface area contributed by atoms with E-state index < -0.39 is 9.76 Å². The van der Waals surface area contributed by atoms with Crippen molar-refractivity contribution in [2.75, 3.05) is 6.61 Å². The molecule has 0 aliphatic heterocycles. The molecule has 0 aliphatic carbocycles. The molecule has 0 aromatic heterocycles. The number of aliphatic hydroxyl groups excluding tert-OH is 1. The zero-order valence-electron chi connectivity index (χ0n) is 8.30. The van der Waals surface area contributed by atoms with E-state index in [9.17, 15) is 4.79 Å². The summed E-state index contributed by atoms with van der Waals surface area (Å²) in [6.45, 7) is 2.27. The predicted octanol–water partition coefficient (Wildman–Crippen LogP) is 3.53. The van der Waals surface area contributed by atoms with E-state index in [0.29, 0.717) is 12.9 Å². The molecule has 0 aliphatic rings. The van der Waals surface area contributed by atoms with Crippen LogP contribution in [-0.4, -0.2) is 21.5 Å². The zero-order chi connectivity index (χ0) is 11.9. The van der Waals surface area contributed by atoms with Gasteiger partial charge in [-0.2, -0.15) is 0 Å². The summed E-state index contributed by atoms with van der Waals surface area (Å²) in [5.41, 5.74) is -0.0499. The molecule has 0 aromatic carbocycles. The molecule has 0 heterocycles. The topological polar surface area (TPSA) is 46.5 Å². The molecule has 0 saturated carbocycles. The highest BCUT2D eigenvalue weighted by Gasteiger charge is 2.26. The Hall–Kier alpha value is -0.120. The molecular formula is C9H13Cl3O3. The quantitative estimate of drug-likeness (QED) is 0.274. The van der Waals surface area contributed by atoms with Gasteiger partial charge in [0.15, 0.2) is 3.79 Å². The molecule has 0 fully saturated rings. The van der Waals surface area contributed by atoms with Crippen molar-refractivity contribution in [3.63, 3.8) is 0 Å². The highest BCUT2D eigenvalue weighted by Crippen LogP contribution is 2.33. The van der Waals surface area contributed by atoms with Gasteiger partial charge in [0, 0.05) is 6.42 Å². The maximum Gasteiger partial charge on any atom is 0.337 e. The highest BCUT2D eigenvalue weighted by molar-refractivity contribution is 6.67. The molecule has 0 amide bonds. The summed E-state index contributed by atoms with van der Waals surface area (Å²) < 4.78 is 3.23. The van der Waals surface area contributed by atoms with E-state index >= 15 is 0 Å². The zero-order valence-corrected chi connectivity index (χ0v) is 10.6.